The Labute approximate surface area is 147 Å². The van der Waals surface area contributed by atoms with Gasteiger partial charge in [0.1, 0.15) is 0 Å². The fourth-order valence-corrected chi connectivity index (χ4v) is 1.63. The number of hydrogen-bond donors (Lipinski definition) is 4. The number of aliphatic hydroxyl groups excluding tert-OH is 2. The van der Waals surface area contributed by atoms with Crippen LogP contribution >= 0.6 is 0 Å². The van der Waals surface area contributed by atoms with E-state index in [1.807, 2.05) is 12.1 Å². The van der Waals surface area contributed by atoms with E-state index in [1.54, 1.807) is 50.2 Å². The zero-order valence-electron chi connectivity index (χ0n) is 14.5. The van der Waals surface area contributed by atoms with Gasteiger partial charge in [0, 0.05) is 0 Å². The first-order valence-electron chi connectivity index (χ1n) is 7.57. The minimum absolute atomic E-state index is 0.139. The Balaban J connectivity index is 0.000000368. The van der Waals surface area contributed by atoms with E-state index < -0.39 is 18.0 Å². The Morgan fingerprint density at radius 1 is 0.840 bits per heavy atom. The number of benzene rings is 2. The number of carboxylic acids is 2. The van der Waals surface area contributed by atoms with Gasteiger partial charge in [0.2, 0.25) is 0 Å². The van der Waals surface area contributed by atoms with E-state index in [0.717, 1.165) is 11.1 Å². The summed E-state index contributed by atoms with van der Waals surface area (Å²) in [6, 6.07) is 13.8. The number of aliphatic hydroxyl groups is 2. The van der Waals surface area contributed by atoms with Gasteiger partial charge in [-0.15, -0.1) is 0 Å². The molecule has 0 amide bonds. The van der Waals surface area contributed by atoms with E-state index in [-0.39, 0.29) is 6.61 Å². The van der Waals surface area contributed by atoms with Crippen LogP contribution in [0.5, 0.6) is 0 Å². The smallest absolute Gasteiger partial charge is 0.335 e. The molecule has 0 heterocycles. The van der Waals surface area contributed by atoms with E-state index in [1.165, 1.54) is 6.92 Å². The Morgan fingerprint density at radius 2 is 1.12 bits per heavy atom. The molecule has 0 saturated heterocycles. The quantitative estimate of drug-likeness (QED) is 0.678. The molecule has 6 nitrogen and oxygen atoms in total. The molecule has 0 bridgehead atoms. The summed E-state index contributed by atoms with van der Waals surface area (Å²) in [6.07, 6.45) is -0.560. The van der Waals surface area contributed by atoms with Gasteiger partial charge < -0.3 is 20.4 Å². The molecule has 0 aromatic heterocycles. The van der Waals surface area contributed by atoms with Crippen molar-refractivity contribution in [2.45, 2.75) is 26.9 Å². The largest absolute Gasteiger partial charge is 0.478 e. The van der Waals surface area contributed by atoms with Gasteiger partial charge in [0.05, 0.1) is 23.8 Å². The molecule has 0 aliphatic heterocycles. The van der Waals surface area contributed by atoms with Crippen molar-refractivity contribution in [2.75, 3.05) is 6.61 Å². The van der Waals surface area contributed by atoms with Crippen LogP contribution in [0.15, 0.2) is 48.5 Å². The van der Waals surface area contributed by atoms with Crippen molar-refractivity contribution in [3.8, 4) is 0 Å². The molecule has 136 valence electrons. The summed E-state index contributed by atoms with van der Waals surface area (Å²) < 4.78 is 0. The summed E-state index contributed by atoms with van der Waals surface area (Å²) in [4.78, 5) is 20.8. The standard InChI is InChI=1S/2C8H8O2.C3H8O2/c2*1-6-4-2-3-5-7(6)8(9)10;1-3(5)2-4/h2*2-5H,1H3,(H,9,10);3-5H,2H2,1H3. The van der Waals surface area contributed by atoms with Crippen molar-refractivity contribution in [1.29, 1.82) is 0 Å². The lowest BCUT2D eigenvalue weighted by molar-refractivity contribution is 0.0685. The molecule has 2 aromatic rings. The van der Waals surface area contributed by atoms with E-state index in [9.17, 15) is 9.59 Å². The van der Waals surface area contributed by atoms with Crippen LogP contribution in [-0.4, -0.2) is 45.1 Å². The highest BCUT2D eigenvalue weighted by Gasteiger charge is 2.03. The number of carboxylic acid groups (broad SMARTS) is 2. The Kier molecular flexibility index (Phi) is 10.5. The first-order valence-corrected chi connectivity index (χ1v) is 7.57. The van der Waals surface area contributed by atoms with Gasteiger partial charge in [-0.2, -0.15) is 0 Å². The summed E-state index contributed by atoms with van der Waals surface area (Å²) in [5.74, 6) is -1.73. The molecule has 1 atom stereocenters. The average Bonchev–Trinajstić information content (AvgIpc) is 2.56. The highest BCUT2D eigenvalue weighted by molar-refractivity contribution is 5.89. The third kappa shape index (κ3) is 9.24. The lowest BCUT2D eigenvalue weighted by Gasteiger charge is -1.96. The summed E-state index contributed by atoms with van der Waals surface area (Å²) >= 11 is 0. The van der Waals surface area contributed by atoms with Gasteiger partial charge in [-0.3, -0.25) is 0 Å². The second-order valence-electron chi connectivity index (χ2n) is 5.27. The van der Waals surface area contributed by atoms with Crippen molar-refractivity contribution in [3.05, 3.63) is 70.8 Å². The summed E-state index contributed by atoms with van der Waals surface area (Å²) in [5.41, 5.74) is 2.36. The van der Waals surface area contributed by atoms with Gasteiger partial charge in [-0.05, 0) is 44.0 Å². The van der Waals surface area contributed by atoms with E-state index in [2.05, 4.69) is 0 Å². The molecule has 4 N–H and O–H groups in total. The van der Waals surface area contributed by atoms with Crippen LogP contribution in [0, 0.1) is 13.8 Å². The van der Waals surface area contributed by atoms with Gasteiger partial charge in [-0.1, -0.05) is 36.4 Å². The number of aromatic carboxylic acids is 2. The van der Waals surface area contributed by atoms with Gasteiger partial charge in [0.25, 0.3) is 0 Å². The number of hydrogen-bond acceptors (Lipinski definition) is 4. The molecule has 0 aliphatic rings. The number of aryl methyl sites for hydroxylation is 2. The topological polar surface area (TPSA) is 115 Å². The molecule has 25 heavy (non-hydrogen) atoms. The fraction of sp³-hybridized carbons (Fsp3) is 0.263. The van der Waals surface area contributed by atoms with Gasteiger partial charge in [-0.25, -0.2) is 9.59 Å². The Bertz CT molecular complexity index is 624. The van der Waals surface area contributed by atoms with Crippen LogP contribution in [0.1, 0.15) is 38.8 Å². The summed E-state index contributed by atoms with van der Waals surface area (Å²) in [6.45, 7) is 4.95. The Hall–Kier alpha value is -2.70. The zero-order valence-corrected chi connectivity index (χ0v) is 14.5. The highest BCUT2D eigenvalue weighted by atomic mass is 16.4. The first kappa shape index (κ1) is 22.3. The first-order chi connectivity index (χ1) is 11.7. The minimum Gasteiger partial charge on any atom is -0.478 e. The van der Waals surface area contributed by atoms with E-state index in [0.29, 0.717) is 11.1 Å². The second-order valence-corrected chi connectivity index (χ2v) is 5.27. The molecule has 2 aromatic carbocycles. The minimum atomic E-state index is -0.863. The van der Waals surface area contributed by atoms with Crippen LogP contribution in [0.4, 0.5) is 0 Å². The van der Waals surface area contributed by atoms with Crippen LogP contribution in [-0.2, 0) is 0 Å². The molecule has 0 spiro atoms. The lowest BCUT2D eigenvalue weighted by atomic mass is 10.1. The number of rotatable bonds is 3. The predicted molar refractivity (Wildman–Crippen MR) is 95.0 cm³/mol. The van der Waals surface area contributed by atoms with Crippen molar-refractivity contribution in [2.24, 2.45) is 0 Å². The summed E-state index contributed by atoms with van der Waals surface area (Å²) in [5, 5.41) is 33.1. The van der Waals surface area contributed by atoms with Crippen molar-refractivity contribution >= 4 is 11.9 Å². The number of carbonyl (C=O) groups is 2. The molecule has 1 unspecified atom stereocenters. The van der Waals surface area contributed by atoms with Crippen molar-refractivity contribution < 1.29 is 30.0 Å². The van der Waals surface area contributed by atoms with Crippen LogP contribution < -0.4 is 0 Å². The Morgan fingerprint density at radius 3 is 1.28 bits per heavy atom. The van der Waals surface area contributed by atoms with Gasteiger partial charge >= 0.3 is 11.9 Å². The van der Waals surface area contributed by atoms with Crippen LogP contribution in [0.3, 0.4) is 0 Å². The molecule has 0 fully saturated rings. The highest BCUT2D eigenvalue weighted by Crippen LogP contribution is 2.06. The molecule has 0 aliphatic carbocycles. The fourth-order valence-electron chi connectivity index (χ4n) is 1.63. The normalized spacial score (nSPS) is 10.4. The van der Waals surface area contributed by atoms with Crippen LogP contribution in [0.2, 0.25) is 0 Å². The summed E-state index contributed by atoms with van der Waals surface area (Å²) in [7, 11) is 0. The molecule has 0 saturated carbocycles. The monoisotopic (exact) mass is 348 g/mol. The lowest BCUT2D eigenvalue weighted by Crippen LogP contribution is -2.03. The second kappa shape index (κ2) is 11.8. The molecular formula is C19H24O6. The maximum atomic E-state index is 10.4. The van der Waals surface area contributed by atoms with E-state index in [4.69, 9.17) is 20.4 Å². The van der Waals surface area contributed by atoms with Crippen LogP contribution in [0.25, 0.3) is 0 Å². The third-order valence-corrected chi connectivity index (χ3v) is 3.02. The maximum absolute atomic E-state index is 10.4. The van der Waals surface area contributed by atoms with Crippen molar-refractivity contribution in [3.63, 3.8) is 0 Å². The molecule has 2 rings (SSSR count). The van der Waals surface area contributed by atoms with E-state index >= 15 is 0 Å². The SMILES string of the molecule is CC(O)CO.Cc1ccccc1C(=O)O.Cc1ccccc1C(=O)O. The maximum Gasteiger partial charge on any atom is 0.335 e. The average molecular weight is 348 g/mol. The van der Waals surface area contributed by atoms with Crippen molar-refractivity contribution in [1.82, 2.24) is 0 Å². The van der Waals surface area contributed by atoms with Gasteiger partial charge in [0.15, 0.2) is 0 Å². The predicted octanol–water partition coefficient (Wildman–Crippen LogP) is 2.75. The molecule has 0 radical (unpaired) electrons. The zero-order chi connectivity index (χ0) is 19.4. The third-order valence-electron chi connectivity index (χ3n) is 3.02. The molecular weight excluding hydrogens is 324 g/mol. The molecule has 6 heteroatoms.